The van der Waals surface area contributed by atoms with Crippen LogP contribution in [0.2, 0.25) is 5.02 Å². The normalized spacial score (nSPS) is 20.9. The summed E-state index contributed by atoms with van der Waals surface area (Å²) < 4.78 is 0. The van der Waals surface area contributed by atoms with Crippen molar-refractivity contribution in [3.05, 3.63) is 64.9 Å². The highest BCUT2D eigenvalue weighted by atomic mass is 35.5. The van der Waals surface area contributed by atoms with Crippen molar-refractivity contribution >= 4 is 23.2 Å². The molecule has 1 aliphatic rings. The van der Waals surface area contributed by atoms with Gasteiger partial charge in [-0.25, -0.2) is 0 Å². The van der Waals surface area contributed by atoms with Crippen LogP contribution >= 0.6 is 11.6 Å². The zero-order valence-corrected chi connectivity index (χ0v) is 12.7. The molecule has 0 aliphatic carbocycles. The number of aromatic nitrogens is 1. The highest BCUT2D eigenvalue weighted by Gasteiger charge is 2.45. The van der Waals surface area contributed by atoms with E-state index in [1.54, 1.807) is 49.5 Å². The molecule has 1 aliphatic heterocycles. The minimum absolute atomic E-state index is 0.251. The van der Waals surface area contributed by atoms with Gasteiger partial charge >= 0.3 is 0 Å². The van der Waals surface area contributed by atoms with Crippen LogP contribution in [-0.4, -0.2) is 26.7 Å². The summed E-state index contributed by atoms with van der Waals surface area (Å²) in [6, 6.07) is 10.0. The summed E-state index contributed by atoms with van der Waals surface area (Å²) in [5.74, 6) is -0.401. The van der Waals surface area contributed by atoms with Crippen LogP contribution in [0.15, 0.2) is 53.9 Å². The van der Waals surface area contributed by atoms with Crippen molar-refractivity contribution in [2.45, 2.75) is 19.1 Å². The lowest BCUT2D eigenvalue weighted by Crippen LogP contribution is -2.43. The lowest BCUT2D eigenvalue weighted by Gasteiger charge is -2.31. The van der Waals surface area contributed by atoms with Crippen LogP contribution in [0, 0.1) is 0 Å². The Kier molecular flexibility index (Phi) is 3.68. The van der Waals surface area contributed by atoms with E-state index in [1.165, 1.54) is 6.20 Å². The number of nitrogens with zero attached hydrogens (tertiary/aromatic N) is 3. The zero-order chi connectivity index (χ0) is 15.7. The summed E-state index contributed by atoms with van der Waals surface area (Å²) in [5.41, 5.74) is 0.0967. The van der Waals surface area contributed by atoms with E-state index in [2.05, 4.69) is 10.1 Å². The maximum atomic E-state index is 12.6. The Hall–Kier alpha value is -2.24. The predicted molar refractivity (Wildman–Crippen MR) is 83.5 cm³/mol. The number of pyridine rings is 1. The van der Waals surface area contributed by atoms with Crippen molar-refractivity contribution in [3.63, 3.8) is 0 Å². The van der Waals surface area contributed by atoms with Crippen molar-refractivity contribution in [1.82, 2.24) is 9.99 Å². The molecule has 1 amide bonds. The predicted octanol–water partition coefficient (Wildman–Crippen LogP) is 2.80. The molecule has 0 fully saturated rings. The second-order valence-electron chi connectivity index (χ2n) is 5.19. The minimum Gasteiger partial charge on any atom is -0.365 e. The van der Waals surface area contributed by atoms with Crippen molar-refractivity contribution in [3.8, 4) is 0 Å². The van der Waals surface area contributed by atoms with Gasteiger partial charge in [0.05, 0.1) is 5.56 Å². The van der Waals surface area contributed by atoms with E-state index in [4.69, 9.17) is 11.6 Å². The summed E-state index contributed by atoms with van der Waals surface area (Å²) in [5, 5.41) is 16.9. The van der Waals surface area contributed by atoms with Gasteiger partial charge in [0.1, 0.15) is 0 Å². The summed E-state index contributed by atoms with van der Waals surface area (Å²) in [4.78, 5) is 16.6. The molecule has 2 heterocycles. The molecule has 0 saturated heterocycles. The van der Waals surface area contributed by atoms with Crippen LogP contribution in [-0.2, 0) is 5.72 Å². The Morgan fingerprint density at radius 1 is 1.32 bits per heavy atom. The highest BCUT2D eigenvalue weighted by molar-refractivity contribution is 6.30. The van der Waals surface area contributed by atoms with E-state index in [9.17, 15) is 9.90 Å². The van der Waals surface area contributed by atoms with Gasteiger partial charge in [-0.15, -0.1) is 0 Å². The van der Waals surface area contributed by atoms with Crippen molar-refractivity contribution in [1.29, 1.82) is 0 Å². The first-order valence-electron chi connectivity index (χ1n) is 6.78. The van der Waals surface area contributed by atoms with Gasteiger partial charge in [0.15, 0.2) is 5.72 Å². The number of aliphatic hydroxyl groups is 1. The Bertz CT molecular complexity index is 731. The molecule has 3 rings (SSSR count). The van der Waals surface area contributed by atoms with Crippen molar-refractivity contribution in [2.75, 3.05) is 0 Å². The minimum atomic E-state index is -1.51. The van der Waals surface area contributed by atoms with Crippen LogP contribution in [0.25, 0.3) is 0 Å². The summed E-state index contributed by atoms with van der Waals surface area (Å²) in [6.45, 7) is 1.78. The van der Waals surface area contributed by atoms with Gasteiger partial charge < -0.3 is 5.11 Å². The molecule has 1 atom stereocenters. The third kappa shape index (κ3) is 2.49. The maximum absolute atomic E-state index is 12.6. The molecule has 22 heavy (non-hydrogen) atoms. The number of hydrogen-bond acceptors (Lipinski definition) is 4. The largest absolute Gasteiger partial charge is 0.365 e. The number of rotatable bonds is 2. The third-order valence-electron chi connectivity index (χ3n) is 3.53. The van der Waals surface area contributed by atoms with E-state index in [0.717, 1.165) is 5.01 Å². The number of hydrazone groups is 1. The van der Waals surface area contributed by atoms with Crippen LogP contribution in [0.4, 0.5) is 0 Å². The zero-order valence-electron chi connectivity index (χ0n) is 11.9. The molecule has 1 aromatic heterocycles. The molecule has 1 unspecified atom stereocenters. The topological polar surface area (TPSA) is 65.8 Å². The first-order valence-corrected chi connectivity index (χ1v) is 7.15. The van der Waals surface area contributed by atoms with E-state index < -0.39 is 11.6 Å². The molecule has 1 N–H and O–H groups in total. The Labute approximate surface area is 132 Å². The van der Waals surface area contributed by atoms with Gasteiger partial charge in [-0.2, -0.15) is 10.1 Å². The smallest absolute Gasteiger partial charge is 0.278 e. The second-order valence-corrected chi connectivity index (χ2v) is 5.63. The van der Waals surface area contributed by atoms with Crippen LogP contribution in [0.1, 0.15) is 29.3 Å². The van der Waals surface area contributed by atoms with E-state index in [-0.39, 0.29) is 6.42 Å². The maximum Gasteiger partial charge on any atom is 0.278 e. The van der Waals surface area contributed by atoms with Gasteiger partial charge in [0, 0.05) is 35.1 Å². The molecule has 5 nitrogen and oxygen atoms in total. The fourth-order valence-electron chi connectivity index (χ4n) is 2.49. The van der Waals surface area contributed by atoms with Gasteiger partial charge in [-0.3, -0.25) is 9.78 Å². The number of carbonyl (C=O) groups is 1. The number of amides is 1. The Morgan fingerprint density at radius 3 is 2.68 bits per heavy atom. The molecular weight excluding hydrogens is 302 g/mol. The first-order chi connectivity index (χ1) is 10.5. The average Bonchev–Trinajstić information content (AvgIpc) is 2.84. The summed E-state index contributed by atoms with van der Waals surface area (Å²) in [6.07, 6.45) is 3.29. The standard InChI is InChI=1S/C16H14ClN3O2/c1-11-9-16(22,13-4-6-14(17)7-5-13)20(19-11)15(21)12-3-2-8-18-10-12/h2-8,10,22H,9H2,1H3. The van der Waals surface area contributed by atoms with Crippen molar-refractivity contribution in [2.24, 2.45) is 5.10 Å². The third-order valence-corrected chi connectivity index (χ3v) is 3.78. The van der Waals surface area contributed by atoms with Gasteiger partial charge in [0.2, 0.25) is 0 Å². The number of benzene rings is 1. The molecule has 2 aromatic rings. The molecule has 6 heteroatoms. The van der Waals surface area contributed by atoms with E-state index in [0.29, 0.717) is 21.9 Å². The van der Waals surface area contributed by atoms with E-state index >= 15 is 0 Å². The lowest BCUT2D eigenvalue weighted by atomic mass is 9.97. The molecule has 112 valence electrons. The number of hydrogen-bond donors (Lipinski definition) is 1. The lowest BCUT2D eigenvalue weighted by molar-refractivity contribution is -0.0765. The molecule has 0 radical (unpaired) electrons. The molecule has 0 bridgehead atoms. The second kappa shape index (κ2) is 5.51. The Balaban J connectivity index is 2.01. The van der Waals surface area contributed by atoms with Crippen molar-refractivity contribution < 1.29 is 9.90 Å². The average molecular weight is 316 g/mol. The van der Waals surface area contributed by atoms with E-state index in [1.807, 2.05) is 0 Å². The van der Waals surface area contributed by atoms with Gasteiger partial charge in [-0.1, -0.05) is 23.7 Å². The van der Waals surface area contributed by atoms with Gasteiger partial charge in [0.25, 0.3) is 5.91 Å². The Morgan fingerprint density at radius 2 is 2.05 bits per heavy atom. The molecule has 0 saturated carbocycles. The summed E-state index contributed by atoms with van der Waals surface area (Å²) >= 11 is 5.89. The monoisotopic (exact) mass is 315 g/mol. The SMILES string of the molecule is CC1=NN(C(=O)c2cccnc2)C(O)(c2ccc(Cl)cc2)C1. The number of carbonyl (C=O) groups excluding carboxylic acids is 1. The molecule has 1 aromatic carbocycles. The van der Waals surface area contributed by atoms with Crippen LogP contribution < -0.4 is 0 Å². The van der Waals surface area contributed by atoms with Gasteiger partial charge in [-0.05, 0) is 31.2 Å². The highest BCUT2D eigenvalue weighted by Crippen LogP contribution is 2.36. The summed E-state index contributed by atoms with van der Waals surface area (Å²) in [7, 11) is 0. The fraction of sp³-hybridized carbons (Fsp3) is 0.188. The van der Waals surface area contributed by atoms with Crippen LogP contribution in [0.5, 0.6) is 0 Å². The van der Waals surface area contributed by atoms with Crippen LogP contribution in [0.3, 0.4) is 0 Å². The first kappa shape index (κ1) is 14.7. The molecular formula is C16H14ClN3O2. The molecule has 0 spiro atoms. The fourth-order valence-corrected chi connectivity index (χ4v) is 2.61. The number of halogens is 1. The quantitative estimate of drug-likeness (QED) is 0.926.